The Hall–Kier alpha value is -1.87. The molecule has 3 heteroatoms. The third-order valence-electron chi connectivity index (χ3n) is 3.05. The lowest BCUT2D eigenvalue weighted by molar-refractivity contribution is 0.0443. The minimum absolute atomic E-state index is 0.169. The Morgan fingerprint density at radius 1 is 1.05 bits per heavy atom. The molecule has 1 N–H and O–H groups in total. The van der Waals surface area contributed by atoms with E-state index in [4.69, 9.17) is 4.74 Å². The highest BCUT2D eigenvalue weighted by Gasteiger charge is 2.19. The van der Waals surface area contributed by atoms with Crippen molar-refractivity contribution in [2.75, 3.05) is 0 Å². The van der Waals surface area contributed by atoms with Crippen LogP contribution in [0.25, 0.3) is 0 Å². The van der Waals surface area contributed by atoms with Crippen LogP contribution in [0.5, 0.6) is 5.75 Å². The van der Waals surface area contributed by atoms with Crippen LogP contribution in [0.4, 0.5) is 4.39 Å². The molecule has 0 aliphatic rings. The summed E-state index contributed by atoms with van der Waals surface area (Å²) in [7, 11) is 0. The zero-order valence-electron chi connectivity index (χ0n) is 11.0. The van der Waals surface area contributed by atoms with Crippen LogP contribution in [0.2, 0.25) is 0 Å². The molecule has 2 nitrogen and oxygen atoms in total. The molecule has 100 valence electrons. The summed E-state index contributed by atoms with van der Waals surface area (Å²) in [4.78, 5) is 0. The largest absolute Gasteiger partial charge is 0.485 e. The number of halogens is 1. The average molecular weight is 260 g/mol. The van der Waals surface area contributed by atoms with Gasteiger partial charge in [0.1, 0.15) is 12.2 Å². The van der Waals surface area contributed by atoms with Crippen molar-refractivity contribution in [2.24, 2.45) is 0 Å². The molecule has 0 saturated heterocycles. The summed E-state index contributed by atoms with van der Waals surface area (Å²) in [6.45, 7) is 3.40. The summed E-state index contributed by atoms with van der Waals surface area (Å²) in [5.74, 6) is -0.211. The van der Waals surface area contributed by atoms with Gasteiger partial charge in [-0.1, -0.05) is 42.5 Å². The van der Waals surface area contributed by atoms with E-state index < -0.39 is 12.2 Å². The highest BCUT2D eigenvalue weighted by atomic mass is 19.1. The normalized spacial score (nSPS) is 13.9. The Morgan fingerprint density at radius 3 is 2.42 bits per heavy atom. The van der Waals surface area contributed by atoms with Crippen molar-refractivity contribution >= 4 is 0 Å². The molecule has 0 heterocycles. The quantitative estimate of drug-likeness (QED) is 0.909. The summed E-state index contributed by atoms with van der Waals surface area (Å²) < 4.78 is 19.3. The van der Waals surface area contributed by atoms with Gasteiger partial charge in [0.2, 0.25) is 0 Å². The molecular formula is C16H17FO2. The molecule has 19 heavy (non-hydrogen) atoms. The summed E-state index contributed by atoms with van der Waals surface area (Å²) in [5, 5.41) is 10.2. The Kier molecular flexibility index (Phi) is 4.17. The molecule has 0 aliphatic carbocycles. The minimum Gasteiger partial charge on any atom is -0.485 e. The second-order valence-corrected chi connectivity index (χ2v) is 4.57. The second kappa shape index (κ2) is 5.85. The number of benzene rings is 2. The third kappa shape index (κ3) is 3.12. The highest BCUT2D eigenvalue weighted by Crippen LogP contribution is 2.25. The summed E-state index contributed by atoms with van der Waals surface area (Å²) in [6.07, 6.45) is -1.32. The van der Waals surface area contributed by atoms with Crippen LogP contribution in [-0.2, 0) is 0 Å². The van der Waals surface area contributed by atoms with Crippen molar-refractivity contribution < 1.29 is 14.2 Å². The van der Waals surface area contributed by atoms with Crippen LogP contribution in [0.3, 0.4) is 0 Å². The van der Waals surface area contributed by atoms with Crippen LogP contribution in [0, 0.1) is 12.7 Å². The van der Waals surface area contributed by atoms with Crippen LogP contribution in [-0.4, -0.2) is 11.2 Å². The SMILES string of the molecule is Cc1cccc(OC(C)C(O)c2ccccc2)c1F. The molecule has 2 rings (SSSR count). The molecule has 0 spiro atoms. The van der Waals surface area contributed by atoms with E-state index in [1.54, 1.807) is 32.0 Å². The first-order valence-electron chi connectivity index (χ1n) is 6.24. The molecule has 0 bridgehead atoms. The maximum atomic E-state index is 13.8. The van der Waals surface area contributed by atoms with Gasteiger partial charge in [-0.3, -0.25) is 0 Å². The van der Waals surface area contributed by atoms with Crippen molar-refractivity contribution in [3.05, 3.63) is 65.5 Å². The van der Waals surface area contributed by atoms with Gasteiger partial charge in [0.15, 0.2) is 11.6 Å². The van der Waals surface area contributed by atoms with E-state index in [2.05, 4.69) is 0 Å². The molecule has 0 aromatic heterocycles. The van der Waals surface area contributed by atoms with Crippen molar-refractivity contribution in [3.8, 4) is 5.75 Å². The average Bonchev–Trinajstić information content (AvgIpc) is 2.44. The fraction of sp³-hybridized carbons (Fsp3) is 0.250. The molecule has 0 radical (unpaired) electrons. The predicted molar refractivity (Wildman–Crippen MR) is 72.6 cm³/mol. The number of hydrogen-bond donors (Lipinski definition) is 1. The molecule has 2 atom stereocenters. The maximum absolute atomic E-state index is 13.8. The highest BCUT2D eigenvalue weighted by molar-refractivity contribution is 5.30. The summed E-state index contributed by atoms with van der Waals surface area (Å²) in [6, 6.07) is 14.2. The van der Waals surface area contributed by atoms with E-state index in [1.807, 2.05) is 30.3 Å². The Bertz CT molecular complexity index is 540. The number of aryl methyl sites for hydroxylation is 1. The Morgan fingerprint density at radius 2 is 1.74 bits per heavy atom. The van der Waals surface area contributed by atoms with Crippen molar-refractivity contribution in [2.45, 2.75) is 26.1 Å². The van der Waals surface area contributed by atoms with Gasteiger partial charge in [-0.15, -0.1) is 0 Å². The first kappa shape index (κ1) is 13.6. The zero-order valence-corrected chi connectivity index (χ0v) is 11.0. The van der Waals surface area contributed by atoms with E-state index in [9.17, 15) is 9.50 Å². The molecule has 0 saturated carbocycles. The zero-order chi connectivity index (χ0) is 13.8. The van der Waals surface area contributed by atoms with Gasteiger partial charge in [0, 0.05) is 0 Å². The van der Waals surface area contributed by atoms with Gasteiger partial charge < -0.3 is 9.84 Å². The predicted octanol–water partition coefficient (Wildman–Crippen LogP) is 3.64. The van der Waals surface area contributed by atoms with Crippen molar-refractivity contribution in [1.29, 1.82) is 0 Å². The monoisotopic (exact) mass is 260 g/mol. The summed E-state index contributed by atoms with van der Waals surface area (Å²) >= 11 is 0. The van der Waals surface area contributed by atoms with Crippen molar-refractivity contribution in [1.82, 2.24) is 0 Å². The fourth-order valence-corrected chi connectivity index (χ4v) is 1.90. The molecule has 0 amide bonds. The Balaban J connectivity index is 2.13. The number of aliphatic hydroxyl groups excluding tert-OH is 1. The first-order chi connectivity index (χ1) is 9.09. The van der Waals surface area contributed by atoms with E-state index in [0.29, 0.717) is 5.56 Å². The molecule has 2 aromatic carbocycles. The number of hydrogen-bond acceptors (Lipinski definition) is 2. The first-order valence-corrected chi connectivity index (χ1v) is 6.24. The standard InChI is InChI=1S/C16H17FO2/c1-11-7-6-10-14(15(11)17)19-12(2)16(18)13-8-4-3-5-9-13/h3-10,12,16,18H,1-2H3. The molecule has 2 unspecified atom stereocenters. The summed E-state index contributed by atoms with van der Waals surface area (Å²) in [5.41, 5.74) is 1.28. The smallest absolute Gasteiger partial charge is 0.167 e. The van der Waals surface area contributed by atoms with Crippen LogP contribution in [0.1, 0.15) is 24.2 Å². The lowest BCUT2D eigenvalue weighted by atomic mass is 10.1. The fourth-order valence-electron chi connectivity index (χ4n) is 1.90. The van der Waals surface area contributed by atoms with E-state index >= 15 is 0 Å². The lowest BCUT2D eigenvalue weighted by Crippen LogP contribution is -2.22. The van der Waals surface area contributed by atoms with E-state index in [-0.39, 0.29) is 11.6 Å². The van der Waals surface area contributed by atoms with Crippen molar-refractivity contribution in [3.63, 3.8) is 0 Å². The maximum Gasteiger partial charge on any atom is 0.167 e. The molecule has 0 fully saturated rings. The molecular weight excluding hydrogens is 243 g/mol. The lowest BCUT2D eigenvalue weighted by Gasteiger charge is -2.21. The number of ether oxygens (including phenoxy) is 1. The van der Waals surface area contributed by atoms with Gasteiger partial charge in [0.25, 0.3) is 0 Å². The van der Waals surface area contributed by atoms with Gasteiger partial charge in [-0.2, -0.15) is 0 Å². The van der Waals surface area contributed by atoms with Gasteiger partial charge in [-0.25, -0.2) is 4.39 Å². The van der Waals surface area contributed by atoms with E-state index in [0.717, 1.165) is 5.56 Å². The van der Waals surface area contributed by atoms with Crippen LogP contribution >= 0.6 is 0 Å². The van der Waals surface area contributed by atoms with Gasteiger partial charge in [-0.05, 0) is 31.0 Å². The number of aliphatic hydroxyl groups is 1. The third-order valence-corrected chi connectivity index (χ3v) is 3.05. The molecule has 2 aromatic rings. The Labute approximate surface area is 112 Å². The van der Waals surface area contributed by atoms with Crippen LogP contribution < -0.4 is 4.74 Å². The number of rotatable bonds is 4. The minimum atomic E-state index is -0.791. The van der Waals surface area contributed by atoms with Gasteiger partial charge >= 0.3 is 0 Å². The van der Waals surface area contributed by atoms with Crippen LogP contribution in [0.15, 0.2) is 48.5 Å². The van der Waals surface area contributed by atoms with Gasteiger partial charge in [0.05, 0.1) is 0 Å². The topological polar surface area (TPSA) is 29.5 Å². The van der Waals surface area contributed by atoms with E-state index in [1.165, 1.54) is 0 Å². The molecule has 0 aliphatic heterocycles. The second-order valence-electron chi connectivity index (χ2n) is 4.57.